The predicted octanol–water partition coefficient (Wildman–Crippen LogP) is 4.35. The van der Waals surface area contributed by atoms with Gasteiger partial charge in [-0.1, -0.05) is 56.5 Å². The molecule has 2 aromatic rings. The first-order valence-corrected chi connectivity index (χ1v) is 7.86. The number of unbranched alkanes of at least 4 members (excludes halogenated alkanes) is 3. The molecule has 0 aliphatic carbocycles. The lowest BCUT2D eigenvalue weighted by Gasteiger charge is -2.06. The van der Waals surface area contributed by atoms with Crippen molar-refractivity contribution in [3.63, 3.8) is 0 Å². The van der Waals surface area contributed by atoms with Crippen LogP contribution in [0.25, 0.3) is 0 Å². The van der Waals surface area contributed by atoms with Crippen molar-refractivity contribution in [1.82, 2.24) is 4.98 Å². The van der Waals surface area contributed by atoms with Crippen LogP contribution in [0.1, 0.15) is 55.0 Å². The number of rotatable bonds is 7. The number of aromatic nitrogens is 1. The van der Waals surface area contributed by atoms with E-state index in [1.54, 1.807) is 11.3 Å². The van der Waals surface area contributed by atoms with Gasteiger partial charge in [-0.25, -0.2) is 4.98 Å². The van der Waals surface area contributed by atoms with Crippen LogP contribution in [0.4, 0.5) is 0 Å². The van der Waals surface area contributed by atoms with Crippen molar-refractivity contribution < 1.29 is 5.11 Å². The fourth-order valence-electron chi connectivity index (χ4n) is 2.07. The van der Waals surface area contributed by atoms with E-state index in [1.807, 2.05) is 30.3 Å². The molecule has 0 aliphatic rings. The van der Waals surface area contributed by atoms with Crippen LogP contribution in [-0.4, -0.2) is 10.1 Å². The summed E-state index contributed by atoms with van der Waals surface area (Å²) in [6.07, 6.45) is 5.45. The molecular weight excluding hydrogens is 254 g/mol. The van der Waals surface area contributed by atoms with Crippen molar-refractivity contribution in [3.8, 4) is 0 Å². The average molecular weight is 275 g/mol. The lowest BCUT2D eigenvalue weighted by Crippen LogP contribution is -1.99. The Balaban J connectivity index is 1.93. The molecular formula is C16H21NOS. The number of benzene rings is 1. The standard InChI is InChI=1S/C16H21NOS/c1-2-3-4-8-11-14-12-19-16(17-14)15(18)13-9-6-5-7-10-13/h5-7,9-10,12,15,18H,2-4,8,11H2,1H3. The van der Waals surface area contributed by atoms with Crippen molar-refractivity contribution in [1.29, 1.82) is 0 Å². The third-order valence-corrected chi connectivity index (χ3v) is 4.15. The van der Waals surface area contributed by atoms with Gasteiger partial charge in [0.25, 0.3) is 0 Å². The Morgan fingerprint density at radius 3 is 2.68 bits per heavy atom. The Kier molecular flexibility index (Phi) is 5.55. The van der Waals surface area contributed by atoms with E-state index in [9.17, 15) is 5.11 Å². The molecule has 3 heteroatoms. The smallest absolute Gasteiger partial charge is 0.131 e. The maximum Gasteiger partial charge on any atom is 0.131 e. The van der Waals surface area contributed by atoms with Gasteiger partial charge in [-0.3, -0.25) is 0 Å². The van der Waals surface area contributed by atoms with E-state index >= 15 is 0 Å². The molecule has 0 fully saturated rings. The summed E-state index contributed by atoms with van der Waals surface area (Å²) < 4.78 is 0. The molecule has 0 amide bonds. The predicted molar refractivity (Wildman–Crippen MR) is 80.5 cm³/mol. The Bertz CT molecular complexity index is 481. The molecule has 1 aromatic heterocycles. The first kappa shape index (κ1) is 14.2. The molecule has 1 heterocycles. The lowest BCUT2D eigenvalue weighted by atomic mass is 10.1. The number of thiazole rings is 1. The molecule has 1 atom stereocenters. The molecule has 0 radical (unpaired) electrons. The van der Waals surface area contributed by atoms with E-state index in [1.165, 1.54) is 25.7 Å². The number of hydrogen-bond acceptors (Lipinski definition) is 3. The Morgan fingerprint density at radius 1 is 1.16 bits per heavy atom. The number of nitrogens with zero attached hydrogens (tertiary/aromatic N) is 1. The van der Waals surface area contributed by atoms with E-state index in [-0.39, 0.29) is 0 Å². The third-order valence-electron chi connectivity index (χ3n) is 3.21. The summed E-state index contributed by atoms with van der Waals surface area (Å²) in [4.78, 5) is 4.55. The minimum absolute atomic E-state index is 0.587. The maximum absolute atomic E-state index is 10.3. The van der Waals surface area contributed by atoms with Crippen LogP contribution < -0.4 is 0 Å². The highest BCUT2D eigenvalue weighted by molar-refractivity contribution is 7.09. The number of aliphatic hydroxyl groups is 1. The summed E-state index contributed by atoms with van der Waals surface area (Å²) in [5.74, 6) is 0. The molecule has 0 bridgehead atoms. The fraction of sp³-hybridized carbons (Fsp3) is 0.438. The second-order valence-electron chi connectivity index (χ2n) is 4.80. The van der Waals surface area contributed by atoms with Crippen molar-refractivity contribution in [2.45, 2.75) is 45.1 Å². The second-order valence-corrected chi connectivity index (χ2v) is 5.69. The molecule has 102 valence electrons. The quantitative estimate of drug-likeness (QED) is 0.762. The van der Waals surface area contributed by atoms with Gasteiger partial charge in [-0.15, -0.1) is 11.3 Å². The number of hydrogen-bond donors (Lipinski definition) is 1. The second kappa shape index (κ2) is 7.41. The monoisotopic (exact) mass is 275 g/mol. The molecule has 1 N–H and O–H groups in total. The highest BCUT2D eigenvalue weighted by Crippen LogP contribution is 2.25. The lowest BCUT2D eigenvalue weighted by molar-refractivity contribution is 0.219. The molecule has 19 heavy (non-hydrogen) atoms. The summed E-state index contributed by atoms with van der Waals surface area (Å²) in [5, 5.41) is 13.1. The first-order chi connectivity index (χ1) is 9.31. The van der Waals surface area contributed by atoms with E-state index in [2.05, 4.69) is 17.3 Å². The molecule has 0 aliphatic heterocycles. The maximum atomic E-state index is 10.3. The van der Waals surface area contributed by atoms with Gasteiger partial charge in [-0.2, -0.15) is 0 Å². The van der Waals surface area contributed by atoms with Gasteiger partial charge in [0.05, 0.1) is 5.69 Å². The molecule has 2 rings (SSSR count). The summed E-state index contributed by atoms with van der Waals surface area (Å²) in [5.41, 5.74) is 2.03. The zero-order valence-corrected chi connectivity index (χ0v) is 12.2. The Morgan fingerprint density at radius 2 is 1.95 bits per heavy atom. The molecule has 2 nitrogen and oxygen atoms in total. The number of aliphatic hydroxyl groups excluding tert-OH is 1. The molecule has 1 unspecified atom stereocenters. The van der Waals surface area contributed by atoms with Crippen molar-refractivity contribution in [3.05, 3.63) is 52.0 Å². The van der Waals surface area contributed by atoms with Gasteiger partial charge in [0.15, 0.2) is 0 Å². The van der Waals surface area contributed by atoms with E-state index in [0.29, 0.717) is 0 Å². The van der Waals surface area contributed by atoms with Gasteiger partial charge in [0, 0.05) is 5.38 Å². The molecule has 1 aromatic carbocycles. The van der Waals surface area contributed by atoms with Gasteiger partial charge in [-0.05, 0) is 18.4 Å². The highest BCUT2D eigenvalue weighted by atomic mass is 32.1. The van der Waals surface area contributed by atoms with E-state index in [4.69, 9.17) is 0 Å². The van der Waals surface area contributed by atoms with Gasteiger partial charge in [0.1, 0.15) is 11.1 Å². The van der Waals surface area contributed by atoms with Crippen LogP contribution in [0.15, 0.2) is 35.7 Å². The first-order valence-electron chi connectivity index (χ1n) is 6.98. The topological polar surface area (TPSA) is 33.1 Å². The summed E-state index contributed by atoms with van der Waals surface area (Å²) in [6.45, 7) is 2.22. The zero-order valence-electron chi connectivity index (χ0n) is 11.4. The Labute approximate surface area is 119 Å². The van der Waals surface area contributed by atoms with Crippen molar-refractivity contribution >= 4 is 11.3 Å². The molecule has 0 saturated carbocycles. The van der Waals surface area contributed by atoms with Gasteiger partial charge in [0.2, 0.25) is 0 Å². The minimum Gasteiger partial charge on any atom is -0.381 e. The van der Waals surface area contributed by atoms with E-state index in [0.717, 1.165) is 22.7 Å². The SMILES string of the molecule is CCCCCCc1csc(C(O)c2ccccc2)n1. The molecule has 0 spiro atoms. The fourth-order valence-corrected chi connectivity index (χ4v) is 2.94. The van der Waals surface area contributed by atoms with E-state index < -0.39 is 6.10 Å². The summed E-state index contributed by atoms with van der Waals surface area (Å²) in [7, 11) is 0. The largest absolute Gasteiger partial charge is 0.381 e. The van der Waals surface area contributed by atoms with Crippen LogP contribution >= 0.6 is 11.3 Å². The van der Waals surface area contributed by atoms with Crippen LogP contribution in [0.2, 0.25) is 0 Å². The average Bonchev–Trinajstić information content (AvgIpc) is 2.92. The Hall–Kier alpha value is -1.19. The minimum atomic E-state index is -0.587. The van der Waals surface area contributed by atoms with Crippen LogP contribution in [0.3, 0.4) is 0 Å². The highest BCUT2D eigenvalue weighted by Gasteiger charge is 2.14. The van der Waals surface area contributed by atoms with Crippen molar-refractivity contribution in [2.24, 2.45) is 0 Å². The van der Waals surface area contributed by atoms with Crippen LogP contribution in [-0.2, 0) is 6.42 Å². The summed E-state index contributed by atoms with van der Waals surface area (Å²) in [6, 6.07) is 9.72. The third kappa shape index (κ3) is 4.15. The van der Waals surface area contributed by atoms with Gasteiger partial charge >= 0.3 is 0 Å². The normalized spacial score (nSPS) is 12.5. The van der Waals surface area contributed by atoms with Crippen molar-refractivity contribution in [2.75, 3.05) is 0 Å². The molecule has 0 saturated heterocycles. The zero-order chi connectivity index (χ0) is 13.5. The number of aryl methyl sites for hydroxylation is 1. The van der Waals surface area contributed by atoms with Crippen LogP contribution in [0.5, 0.6) is 0 Å². The van der Waals surface area contributed by atoms with Crippen LogP contribution in [0, 0.1) is 0 Å². The van der Waals surface area contributed by atoms with Gasteiger partial charge < -0.3 is 5.11 Å². The summed E-state index contributed by atoms with van der Waals surface area (Å²) >= 11 is 1.56.